The number of nitrogens with one attached hydrogen (secondary N) is 1. The zero-order valence-corrected chi connectivity index (χ0v) is 9.12. The Balaban J connectivity index is 1.93. The van der Waals surface area contributed by atoms with E-state index in [1.54, 1.807) is 0 Å². The molecule has 0 radical (unpaired) electrons. The van der Waals surface area contributed by atoms with E-state index >= 15 is 0 Å². The third kappa shape index (κ3) is 1.48. The standard InChI is InChI=1S/C11H17N3O/c1-14-10-7-12-6-9(10)11(13-14)8-2-4-15-5-3-8/h8,12H,2-7H2,1H3. The minimum Gasteiger partial charge on any atom is -0.381 e. The fraction of sp³-hybridized carbons (Fsp3) is 0.727. The van der Waals surface area contributed by atoms with Crippen LogP contribution in [0.5, 0.6) is 0 Å². The molecule has 2 aliphatic heterocycles. The van der Waals surface area contributed by atoms with Crippen LogP contribution in [0.3, 0.4) is 0 Å². The number of hydrogen-bond donors (Lipinski definition) is 1. The second-order valence-electron chi connectivity index (χ2n) is 4.42. The summed E-state index contributed by atoms with van der Waals surface area (Å²) < 4.78 is 7.44. The molecule has 0 atom stereocenters. The molecule has 1 aromatic heterocycles. The van der Waals surface area contributed by atoms with Gasteiger partial charge in [-0.2, -0.15) is 5.10 Å². The summed E-state index contributed by atoms with van der Waals surface area (Å²) in [6.07, 6.45) is 2.26. The number of rotatable bonds is 1. The van der Waals surface area contributed by atoms with Crippen molar-refractivity contribution in [1.29, 1.82) is 0 Å². The number of nitrogens with zero attached hydrogens (tertiary/aromatic N) is 2. The van der Waals surface area contributed by atoms with E-state index in [0.29, 0.717) is 5.92 Å². The fourth-order valence-electron chi connectivity index (χ4n) is 2.64. The molecule has 0 bridgehead atoms. The van der Waals surface area contributed by atoms with Gasteiger partial charge in [0.15, 0.2) is 0 Å². The average molecular weight is 207 g/mol. The molecule has 4 heteroatoms. The van der Waals surface area contributed by atoms with E-state index < -0.39 is 0 Å². The van der Waals surface area contributed by atoms with E-state index in [1.807, 2.05) is 4.68 Å². The topological polar surface area (TPSA) is 39.1 Å². The van der Waals surface area contributed by atoms with Gasteiger partial charge in [-0.3, -0.25) is 4.68 Å². The van der Waals surface area contributed by atoms with Gasteiger partial charge < -0.3 is 10.1 Å². The highest BCUT2D eigenvalue weighted by Gasteiger charge is 2.27. The molecule has 82 valence electrons. The van der Waals surface area contributed by atoms with Crippen molar-refractivity contribution >= 4 is 0 Å². The van der Waals surface area contributed by atoms with E-state index in [-0.39, 0.29) is 0 Å². The van der Waals surface area contributed by atoms with Crippen molar-refractivity contribution in [1.82, 2.24) is 15.1 Å². The summed E-state index contributed by atoms with van der Waals surface area (Å²) >= 11 is 0. The van der Waals surface area contributed by atoms with E-state index in [4.69, 9.17) is 4.74 Å². The Morgan fingerprint density at radius 3 is 2.93 bits per heavy atom. The predicted molar refractivity (Wildman–Crippen MR) is 56.5 cm³/mol. The Morgan fingerprint density at radius 2 is 2.13 bits per heavy atom. The van der Waals surface area contributed by atoms with Crippen LogP contribution in [0.2, 0.25) is 0 Å². The molecule has 0 aromatic carbocycles. The lowest BCUT2D eigenvalue weighted by Gasteiger charge is -2.21. The number of aryl methyl sites for hydroxylation is 1. The van der Waals surface area contributed by atoms with Gasteiger partial charge in [0.2, 0.25) is 0 Å². The minimum absolute atomic E-state index is 0.619. The van der Waals surface area contributed by atoms with Crippen molar-refractivity contribution < 1.29 is 4.74 Å². The second-order valence-corrected chi connectivity index (χ2v) is 4.42. The van der Waals surface area contributed by atoms with Gasteiger partial charge in [0.1, 0.15) is 0 Å². The van der Waals surface area contributed by atoms with Gasteiger partial charge in [-0.05, 0) is 12.8 Å². The highest BCUT2D eigenvalue weighted by Crippen LogP contribution is 2.31. The molecule has 1 fully saturated rings. The molecule has 1 aromatic rings. The summed E-state index contributed by atoms with van der Waals surface area (Å²) in [7, 11) is 2.05. The van der Waals surface area contributed by atoms with E-state index in [1.165, 1.54) is 17.0 Å². The van der Waals surface area contributed by atoms with Crippen LogP contribution in [0.1, 0.15) is 35.7 Å². The first kappa shape index (κ1) is 9.36. The molecule has 0 amide bonds. The predicted octanol–water partition coefficient (Wildman–Crippen LogP) is 0.917. The molecule has 0 spiro atoms. The molecule has 1 N–H and O–H groups in total. The Kier molecular flexibility index (Phi) is 2.25. The largest absolute Gasteiger partial charge is 0.381 e. The number of hydrogen-bond acceptors (Lipinski definition) is 3. The lowest BCUT2D eigenvalue weighted by Crippen LogP contribution is -2.16. The van der Waals surface area contributed by atoms with Crippen LogP contribution in [0.4, 0.5) is 0 Å². The Labute approximate surface area is 89.6 Å². The molecular weight excluding hydrogens is 190 g/mol. The normalized spacial score (nSPS) is 21.9. The number of fused-ring (bicyclic) bond motifs is 1. The minimum atomic E-state index is 0.619. The molecular formula is C11H17N3O. The van der Waals surface area contributed by atoms with Gasteiger partial charge in [-0.15, -0.1) is 0 Å². The molecule has 3 rings (SSSR count). The van der Waals surface area contributed by atoms with Crippen molar-refractivity contribution in [2.45, 2.75) is 31.8 Å². The Morgan fingerprint density at radius 1 is 1.33 bits per heavy atom. The van der Waals surface area contributed by atoms with Crippen LogP contribution in [-0.4, -0.2) is 23.0 Å². The Hall–Kier alpha value is -0.870. The third-order valence-corrected chi connectivity index (χ3v) is 3.51. The van der Waals surface area contributed by atoms with Crippen LogP contribution in [0.15, 0.2) is 0 Å². The molecule has 2 aliphatic rings. The average Bonchev–Trinajstić information content (AvgIpc) is 2.84. The van der Waals surface area contributed by atoms with Gasteiger partial charge in [-0.25, -0.2) is 0 Å². The summed E-state index contributed by atoms with van der Waals surface area (Å²) in [5.74, 6) is 0.619. The zero-order chi connectivity index (χ0) is 10.3. The first-order valence-electron chi connectivity index (χ1n) is 5.69. The molecule has 0 unspecified atom stereocenters. The molecule has 1 saturated heterocycles. The summed E-state index contributed by atoms with van der Waals surface area (Å²) in [5, 5.41) is 8.07. The van der Waals surface area contributed by atoms with Crippen LogP contribution < -0.4 is 5.32 Å². The Bertz CT molecular complexity index is 366. The summed E-state index contributed by atoms with van der Waals surface area (Å²) in [4.78, 5) is 0. The first-order chi connectivity index (χ1) is 7.36. The van der Waals surface area contributed by atoms with Crippen LogP contribution in [-0.2, 0) is 24.9 Å². The lowest BCUT2D eigenvalue weighted by atomic mass is 9.93. The molecule has 0 aliphatic carbocycles. The highest BCUT2D eigenvalue weighted by atomic mass is 16.5. The van der Waals surface area contributed by atoms with Crippen molar-refractivity contribution in [2.24, 2.45) is 7.05 Å². The lowest BCUT2D eigenvalue weighted by molar-refractivity contribution is 0.0842. The molecule has 15 heavy (non-hydrogen) atoms. The van der Waals surface area contributed by atoms with Gasteiger partial charge in [0.25, 0.3) is 0 Å². The summed E-state index contributed by atoms with van der Waals surface area (Å²) in [6, 6.07) is 0. The first-order valence-corrected chi connectivity index (χ1v) is 5.69. The smallest absolute Gasteiger partial charge is 0.0705 e. The van der Waals surface area contributed by atoms with Crippen molar-refractivity contribution in [3.05, 3.63) is 17.0 Å². The monoisotopic (exact) mass is 207 g/mol. The quantitative estimate of drug-likeness (QED) is 0.744. The SMILES string of the molecule is Cn1nc(C2CCOCC2)c2c1CNC2. The second kappa shape index (κ2) is 3.61. The van der Waals surface area contributed by atoms with E-state index in [2.05, 4.69) is 17.5 Å². The summed E-state index contributed by atoms with van der Waals surface area (Å²) in [5.41, 5.74) is 4.14. The van der Waals surface area contributed by atoms with Gasteiger partial charge in [0, 0.05) is 44.8 Å². The van der Waals surface area contributed by atoms with Gasteiger partial charge >= 0.3 is 0 Å². The molecule has 4 nitrogen and oxygen atoms in total. The van der Waals surface area contributed by atoms with Gasteiger partial charge in [-0.1, -0.05) is 0 Å². The van der Waals surface area contributed by atoms with Crippen LogP contribution in [0, 0.1) is 0 Å². The zero-order valence-electron chi connectivity index (χ0n) is 9.12. The van der Waals surface area contributed by atoms with Gasteiger partial charge in [0.05, 0.1) is 11.4 Å². The maximum Gasteiger partial charge on any atom is 0.0705 e. The van der Waals surface area contributed by atoms with Crippen molar-refractivity contribution in [2.75, 3.05) is 13.2 Å². The van der Waals surface area contributed by atoms with Crippen molar-refractivity contribution in [3.8, 4) is 0 Å². The van der Waals surface area contributed by atoms with E-state index in [9.17, 15) is 0 Å². The number of aromatic nitrogens is 2. The molecule has 3 heterocycles. The van der Waals surface area contributed by atoms with Crippen molar-refractivity contribution in [3.63, 3.8) is 0 Å². The number of ether oxygens (including phenoxy) is 1. The third-order valence-electron chi connectivity index (χ3n) is 3.51. The molecule has 0 saturated carbocycles. The van der Waals surface area contributed by atoms with Crippen LogP contribution in [0.25, 0.3) is 0 Å². The van der Waals surface area contributed by atoms with E-state index in [0.717, 1.165) is 39.1 Å². The highest BCUT2D eigenvalue weighted by molar-refractivity contribution is 5.32. The maximum atomic E-state index is 5.40. The fourth-order valence-corrected chi connectivity index (χ4v) is 2.64. The summed E-state index contributed by atoms with van der Waals surface area (Å²) in [6.45, 7) is 3.75. The maximum absolute atomic E-state index is 5.40. The van der Waals surface area contributed by atoms with Crippen LogP contribution >= 0.6 is 0 Å².